The Labute approximate surface area is 205 Å². The van der Waals surface area contributed by atoms with Gasteiger partial charge in [0.2, 0.25) is 5.91 Å². The molecule has 2 amide bonds. The molecular weight excluding hydrogens is 448 g/mol. The van der Waals surface area contributed by atoms with Gasteiger partial charge in [0.1, 0.15) is 12.6 Å². The Kier molecular flexibility index (Phi) is 7.70. The number of hydrogen-bond donors (Lipinski definition) is 3. The van der Waals surface area contributed by atoms with Crippen LogP contribution in [-0.4, -0.2) is 55.0 Å². The average molecular weight is 481 g/mol. The summed E-state index contributed by atoms with van der Waals surface area (Å²) in [5, 5.41) is 14.8. The number of carbonyl (C=O) groups excluding carboxylic acids is 2. The van der Waals surface area contributed by atoms with Crippen molar-refractivity contribution in [1.29, 1.82) is 0 Å². The minimum atomic E-state index is -1.03. The number of rotatable bonds is 9. The number of fused-ring (bicyclic) bond motifs is 3. The monoisotopic (exact) mass is 480 g/mol. The highest BCUT2D eigenvalue weighted by molar-refractivity contribution is 5.86. The Morgan fingerprint density at radius 1 is 1.09 bits per heavy atom. The van der Waals surface area contributed by atoms with Crippen LogP contribution >= 0.6 is 0 Å². The number of benzene rings is 2. The van der Waals surface area contributed by atoms with Gasteiger partial charge in [-0.05, 0) is 34.6 Å². The van der Waals surface area contributed by atoms with Gasteiger partial charge in [0.15, 0.2) is 6.10 Å². The Hall–Kier alpha value is -3.39. The van der Waals surface area contributed by atoms with Gasteiger partial charge >= 0.3 is 12.1 Å². The van der Waals surface area contributed by atoms with Crippen LogP contribution in [0.25, 0.3) is 11.1 Å². The maximum absolute atomic E-state index is 12.9. The molecule has 186 valence electrons. The molecule has 2 aliphatic rings. The van der Waals surface area contributed by atoms with Gasteiger partial charge in [-0.2, -0.15) is 0 Å². The standard InChI is InChI=1S/C27H32N2O6/c1-3-16(2)23(25(30)28-14-17-12-13-34-24(17)26(31)32)29-27(33)35-15-22-20-10-6-4-8-18(20)19-9-5-7-11-21(19)22/h4-11,16-17,22-24H,3,12-15H2,1-2H3,(H,28,30)(H,29,33)(H,31,32)/t16?,17-,23+,24-/m1/s1. The lowest BCUT2D eigenvalue weighted by Crippen LogP contribution is -2.51. The minimum absolute atomic E-state index is 0.0701. The van der Waals surface area contributed by atoms with E-state index in [2.05, 4.69) is 22.8 Å². The van der Waals surface area contributed by atoms with Gasteiger partial charge in [-0.25, -0.2) is 9.59 Å². The van der Waals surface area contributed by atoms with Gasteiger partial charge in [-0.3, -0.25) is 4.79 Å². The van der Waals surface area contributed by atoms with E-state index in [0.717, 1.165) is 22.3 Å². The molecule has 1 fully saturated rings. The van der Waals surface area contributed by atoms with E-state index in [9.17, 15) is 19.5 Å². The van der Waals surface area contributed by atoms with Crippen LogP contribution in [0.15, 0.2) is 48.5 Å². The normalized spacial score (nSPS) is 20.4. The van der Waals surface area contributed by atoms with Crippen molar-refractivity contribution in [2.45, 2.75) is 44.8 Å². The molecule has 1 heterocycles. The third-order valence-electron chi connectivity index (χ3n) is 7.11. The van der Waals surface area contributed by atoms with Gasteiger partial charge in [0.05, 0.1) is 0 Å². The first-order chi connectivity index (χ1) is 16.9. The molecule has 0 bridgehead atoms. The molecule has 1 unspecified atom stereocenters. The SMILES string of the molecule is CCC(C)[C@H](NC(=O)OCC1c2ccccc2-c2ccccc21)C(=O)NC[C@H]1CCO[C@H]1C(=O)O. The molecule has 2 aromatic carbocycles. The molecule has 1 saturated heterocycles. The van der Waals surface area contributed by atoms with Crippen LogP contribution < -0.4 is 10.6 Å². The van der Waals surface area contributed by atoms with Crippen molar-refractivity contribution in [3.8, 4) is 11.1 Å². The summed E-state index contributed by atoms with van der Waals surface area (Å²) < 4.78 is 10.9. The van der Waals surface area contributed by atoms with Crippen LogP contribution in [0, 0.1) is 11.8 Å². The number of aliphatic carboxylic acids is 1. The number of ether oxygens (including phenoxy) is 2. The van der Waals surface area contributed by atoms with E-state index in [1.165, 1.54) is 0 Å². The third kappa shape index (κ3) is 5.32. The zero-order valence-electron chi connectivity index (χ0n) is 20.0. The molecule has 4 rings (SSSR count). The highest BCUT2D eigenvalue weighted by atomic mass is 16.5. The van der Waals surface area contributed by atoms with E-state index in [0.29, 0.717) is 19.4 Å². The predicted molar refractivity (Wildman–Crippen MR) is 130 cm³/mol. The Morgan fingerprint density at radius 3 is 2.31 bits per heavy atom. The van der Waals surface area contributed by atoms with Crippen molar-refractivity contribution in [2.75, 3.05) is 19.8 Å². The van der Waals surface area contributed by atoms with E-state index < -0.39 is 24.2 Å². The lowest BCUT2D eigenvalue weighted by atomic mass is 9.97. The van der Waals surface area contributed by atoms with Crippen LogP contribution in [0.3, 0.4) is 0 Å². The molecule has 8 nitrogen and oxygen atoms in total. The van der Waals surface area contributed by atoms with Crippen molar-refractivity contribution in [1.82, 2.24) is 10.6 Å². The van der Waals surface area contributed by atoms with Crippen molar-refractivity contribution >= 4 is 18.0 Å². The van der Waals surface area contributed by atoms with Crippen LogP contribution in [-0.2, 0) is 19.1 Å². The molecule has 0 radical (unpaired) electrons. The average Bonchev–Trinajstić information content (AvgIpc) is 3.47. The van der Waals surface area contributed by atoms with Crippen molar-refractivity contribution in [3.63, 3.8) is 0 Å². The molecule has 35 heavy (non-hydrogen) atoms. The first-order valence-electron chi connectivity index (χ1n) is 12.1. The van der Waals surface area contributed by atoms with E-state index in [4.69, 9.17) is 9.47 Å². The van der Waals surface area contributed by atoms with Crippen LogP contribution in [0.5, 0.6) is 0 Å². The molecule has 4 atom stereocenters. The van der Waals surface area contributed by atoms with E-state index >= 15 is 0 Å². The fourth-order valence-electron chi connectivity index (χ4n) is 4.93. The summed E-state index contributed by atoms with van der Waals surface area (Å²) in [5.41, 5.74) is 4.52. The quantitative estimate of drug-likeness (QED) is 0.506. The smallest absolute Gasteiger partial charge is 0.407 e. The van der Waals surface area contributed by atoms with E-state index in [1.807, 2.05) is 50.2 Å². The summed E-state index contributed by atoms with van der Waals surface area (Å²) in [6.07, 6.45) is -0.343. The third-order valence-corrected chi connectivity index (χ3v) is 7.11. The second kappa shape index (κ2) is 10.9. The molecule has 1 aliphatic heterocycles. The highest BCUT2D eigenvalue weighted by Crippen LogP contribution is 2.44. The van der Waals surface area contributed by atoms with Crippen molar-refractivity contribution in [2.24, 2.45) is 11.8 Å². The fourth-order valence-corrected chi connectivity index (χ4v) is 4.93. The minimum Gasteiger partial charge on any atom is -0.479 e. The second-order valence-corrected chi connectivity index (χ2v) is 9.26. The summed E-state index contributed by atoms with van der Waals surface area (Å²) in [6.45, 7) is 4.51. The molecule has 1 aliphatic carbocycles. The lowest BCUT2D eigenvalue weighted by Gasteiger charge is -2.25. The second-order valence-electron chi connectivity index (χ2n) is 9.26. The molecule has 2 aromatic rings. The summed E-state index contributed by atoms with van der Waals surface area (Å²) >= 11 is 0. The first-order valence-corrected chi connectivity index (χ1v) is 12.1. The van der Waals surface area contributed by atoms with Gasteiger partial charge in [0.25, 0.3) is 0 Å². The van der Waals surface area contributed by atoms with E-state index in [1.54, 1.807) is 0 Å². The van der Waals surface area contributed by atoms with Crippen molar-refractivity contribution in [3.05, 3.63) is 59.7 Å². The van der Waals surface area contributed by atoms with Crippen LogP contribution in [0.4, 0.5) is 4.79 Å². The largest absolute Gasteiger partial charge is 0.479 e. The highest BCUT2D eigenvalue weighted by Gasteiger charge is 2.35. The number of alkyl carbamates (subject to hydrolysis) is 1. The summed E-state index contributed by atoms with van der Waals surface area (Å²) in [5.74, 6) is -1.89. The Morgan fingerprint density at radius 2 is 1.71 bits per heavy atom. The van der Waals surface area contributed by atoms with Gasteiger partial charge in [-0.15, -0.1) is 0 Å². The number of nitrogens with one attached hydrogen (secondary N) is 2. The molecule has 8 heteroatoms. The van der Waals surface area contributed by atoms with Gasteiger partial charge in [-0.1, -0.05) is 68.8 Å². The molecule has 3 N–H and O–H groups in total. The number of amides is 2. The fraction of sp³-hybridized carbons (Fsp3) is 0.444. The summed E-state index contributed by atoms with van der Waals surface area (Å²) in [4.78, 5) is 37.0. The Bertz CT molecular complexity index is 1040. The van der Waals surface area contributed by atoms with Gasteiger partial charge in [0, 0.05) is 25.0 Å². The summed E-state index contributed by atoms with van der Waals surface area (Å²) in [7, 11) is 0. The molecule has 0 aromatic heterocycles. The summed E-state index contributed by atoms with van der Waals surface area (Å²) in [6, 6.07) is 15.4. The molecular formula is C27H32N2O6. The predicted octanol–water partition coefficient (Wildman–Crippen LogP) is 3.55. The topological polar surface area (TPSA) is 114 Å². The number of carboxylic acid groups (broad SMARTS) is 1. The Balaban J connectivity index is 1.37. The zero-order valence-corrected chi connectivity index (χ0v) is 20.0. The first kappa shape index (κ1) is 24.7. The molecule has 0 saturated carbocycles. The van der Waals surface area contributed by atoms with E-state index in [-0.39, 0.29) is 36.8 Å². The number of hydrogen-bond acceptors (Lipinski definition) is 5. The van der Waals surface area contributed by atoms with Crippen LogP contribution in [0.2, 0.25) is 0 Å². The molecule has 0 spiro atoms. The van der Waals surface area contributed by atoms with Crippen LogP contribution in [0.1, 0.15) is 43.7 Å². The number of carboxylic acids is 1. The lowest BCUT2D eigenvalue weighted by molar-refractivity contribution is -0.149. The maximum Gasteiger partial charge on any atom is 0.407 e. The number of carbonyl (C=O) groups is 3. The van der Waals surface area contributed by atoms with Gasteiger partial charge < -0.3 is 25.2 Å². The maximum atomic E-state index is 12.9. The van der Waals surface area contributed by atoms with Crippen molar-refractivity contribution < 1.29 is 29.0 Å². The zero-order chi connectivity index (χ0) is 24.9.